The van der Waals surface area contributed by atoms with Crippen LogP contribution in [0.15, 0.2) is 24.3 Å². The van der Waals surface area contributed by atoms with Gasteiger partial charge in [0.1, 0.15) is 11.5 Å². The van der Waals surface area contributed by atoms with E-state index in [2.05, 4.69) is 6.92 Å². The van der Waals surface area contributed by atoms with Crippen LogP contribution in [-0.4, -0.2) is 12.9 Å². The van der Waals surface area contributed by atoms with Crippen molar-refractivity contribution in [3.8, 4) is 5.75 Å². The molecule has 2 heteroatoms. The summed E-state index contributed by atoms with van der Waals surface area (Å²) in [5.74, 6) is 1.18. The third-order valence-corrected chi connectivity index (χ3v) is 4.84. The molecule has 0 saturated heterocycles. The van der Waals surface area contributed by atoms with Crippen molar-refractivity contribution < 1.29 is 9.53 Å². The van der Waals surface area contributed by atoms with Crippen LogP contribution in [0.2, 0.25) is 0 Å². The molecule has 0 aliphatic rings. The molecule has 142 valence electrons. The summed E-state index contributed by atoms with van der Waals surface area (Å²) in [6, 6.07) is 7.83. The second-order valence-electron chi connectivity index (χ2n) is 7.21. The minimum absolute atomic E-state index is 0.348. The third kappa shape index (κ3) is 11.8. The summed E-state index contributed by atoms with van der Waals surface area (Å²) in [5.41, 5.74) is 1.06. The van der Waals surface area contributed by atoms with Gasteiger partial charge >= 0.3 is 0 Å². The van der Waals surface area contributed by atoms with Gasteiger partial charge < -0.3 is 4.74 Å². The summed E-state index contributed by atoms with van der Waals surface area (Å²) >= 11 is 0. The summed E-state index contributed by atoms with van der Waals surface area (Å²) in [6.07, 6.45) is 17.3. The highest BCUT2D eigenvalue weighted by Crippen LogP contribution is 2.15. The largest absolute Gasteiger partial charge is 0.497 e. The van der Waals surface area contributed by atoms with Crippen LogP contribution in [-0.2, 0) is 11.2 Å². The third-order valence-electron chi connectivity index (χ3n) is 4.84. The van der Waals surface area contributed by atoms with Gasteiger partial charge in [-0.2, -0.15) is 0 Å². The van der Waals surface area contributed by atoms with Gasteiger partial charge in [-0.15, -0.1) is 0 Å². The number of rotatable bonds is 16. The number of benzene rings is 1. The van der Waals surface area contributed by atoms with Crippen molar-refractivity contribution in [3.63, 3.8) is 0 Å². The molecule has 25 heavy (non-hydrogen) atoms. The zero-order valence-corrected chi connectivity index (χ0v) is 16.5. The van der Waals surface area contributed by atoms with Crippen LogP contribution >= 0.6 is 0 Å². The first-order chi connectivity index (χ1) is 12.3. The maximum absolute atomic E-state index is 12.1. The van der Waals surface area contributed by atoms with Gasteiger partial charge in [-0.05, 0) is 24.1 Å². The SMILES string of the molecule is CCCCCCCCCCCCCCC(=O)Cc1cccc(OC)c1. The molecule has 2 nitrogen and oxygen atoms in total. The zero-order chi connectivity index (χ0) is 18.2. The Balaban J connectivity index is 1.93. The predicted octanol–water partition coefficient (Wildman–Crippen LogP) is 6.90. The Hall–Kier alpha value is -1.31. The van der Waals surface area contributed by atoms with Crippen LogP contribution in [0.3, 0.4) is 0 Å². The smallest absolute Gasteiger partial charge is 0.137 e. The van der Waals surface area contributed by atoms with Gasteiger partial charge in [-0.1, -0.05) is 89.7 Å². The van der Waals surface area contributed by atoms with Crippen LogP contribution in [0.4, 0.5) is 0 Å². The molecule has 0 bridgehead atoms. The van der Waals surface area contributed by atoms with Gasteiger partial charge in [0.15, 0.2) is 0 Å². The van der Waals surface area contributed by atoms with Crippen molar-refractivity contribution in [3.05, 3.63) is 29.8 Å². The predicted molar refractivity (Wildman–Crippen MR) is 107 cm³/mol. The molecule has 0 radical (unpaired) electrons. The summed E-state index contributed by atoms with van der Waals surface area (Å²) in [7, 11) is 1.66. The number of carbonyl (C=O) groups excluding carboxylic acids is 1. The van der Waals surface area contributed by atoms with Crippen LogP contribution in [0.1, 0.15) is 96.0 Å². The second kappa shape index (κ2) is 15.0. The number of hydrogen-bond donors (Lipinski definition) is 0. The highest BCUT2D eigenvalue weighted by atomic mass is 16.5. The molecule has 0 fully saturated rings. The summed E-state index contributed by atoms with van der Waals surface area (Å²) in [6.45, 7) is 2.27. The number of carbonyl (C=O) groups is 1. The molecule has 0 aliphatic carbocycles. The van der Waals surface area contributed by atoms with E-state index in [1.165, 1.54) is 70.6 Å². The Morgan fingerprint density at radius 1 is 0.840 bits per heavy atom. The van der Waals surface area contributed by atoms with Gasteiger partial charge in [-0.3, -0.25) is 4.79 Å². The van der Waals surface area contributed by atoms with Gasteiger partial charge in [-0.25, -0.2) is 0 Å². The molecule has 0 aromatic heterocycles. The summed E-state index contributed by atoms with van der Waals surface area (Å²) < 4.78 is 5.20. The van der Waals surface area contributed by atoms with E-state index in [1.807, 2.05) is 24.3 Å². The molecule has 1 aromatic rings. The maximum atomic E-state index is 12.1. The molecule has 0 amide bonds. The number of methoxy groups -OCH3 is 1. The molecule has 1 rings (SSSR count). The van der Waals surface area contributed by atoms with Crippen LogP contribution in [0, 0.1) is 0 Å². The Morgan fingerprint density at radius 3 is 1.96 bits per heavy atom. The normalized spacial score (nSPS) is 10.8. The molecule has 0 unspecified atom stereocenters. The topological polar surface area (TPSA) is 26.3 Å². The van der Waals surface area contributed by atoms with E-state index in [4.69, 9.17) is 4.74 Å². The lowest BCUT2D eigenvalue weighted by molar-refractivity contribution is -0.118. The van der Waals surface area contributed by atoms with Crippen LogP contribution in [0.5, 0.6) is 5.75 Å². The Labute approximate surface area is 155 Å². The van der Waals surface area contributed by atoms with E-state index in [-0.39, 0.29) is 0 Å². The van der Waals surface area contributed by atoms with Gasteiger partial charge in [0, 0.05) is 12.8 Å². The van der Waals surface area contributed by atoms with Gasteiger partial charge in [0.25, 0.3) is 0 Å². The summed E-state index contributed by atoms with van der Waals surface area (Å²) in [5, 5.41) is 0. The first-order valence-electron chi connectivity index (χ1n) is 10.4. The first kappa shape index (κ1) is 21.7. The molecular weight excluding hydrogens is 308 g/mol. The van der Waals surface area contributed by atoms with Gasteiger partial charge in [0.05, 0.1) is 7.11 Å². The summed E-state index contributed by atoms with van der Waals surface area (Å²) in [4.78, 5) is 12.1. The van der Waals surface area contributed by atoms with E-state index in [0.717, 1.165) is 17.7 Å². The zero-order valence-electron chi connectivity index (χ0n) is 16.5. The Bertz CT molecular complexity index is 453. The number of unbranched alkanes of at least 4 members (excludes halogenated alkanes) is 11. The average Bonchev–Trinajstić information content (AvgIpc) is 2.62. The maximum Gasteiger partial charge on any atom is 0.137 e. The first-order valence-corrected chi connectivity index (χ1v) is 10.4. The van der Waals surface area contributed by atoms with E-state index in [9.17, 15) is 4.79 Å². The number of Topliss-reactive ketones (excluding diaryl/α,β-unsaturated/α-hetero) is 1. The fraction of sp³-hybridized carbons (Fsp3) is 0.696. The lowest BCUT2D eigenvalue weighted by Crippen LogP contribution is -2.02. The molecular formula is C23H38O2. The Kier molecular flexibility index (Phi) is 13.0. The highest BCUT2D eigenvalue weighted by molar-refractivity contribution is 5.80. The van der Waals surface area contributed by atoms with E-state index >= 15 is 0 Å². The van der Waals surface area contributed by atoms with E-state index < -0.39 is 0 Å². The van der Waals surface area contributed by atoms with Crippen molar-refractivity contribution in [2.75, 3.05) is 7.11 Å². The van der Waals surface area contributed by atoms with Crippen LogP contribution < -0.4 is 4.74 Å². The molecule has 0 atom stereocenters. The van der Waals surface area contributed by atoms with E-state index in [0.29, 0.717) is 18.6 Å². The lowest BCUT2D eigenvalue weighted by atomic mass is 10.0. The minimum atomic E-state index is 0.348. The minimum Gasteiger partial charge on any atom is -0.497 e. The monoisotopic (exact) mass is 346 g/mol. The molecule has 0 heterocycles. The van der Waals surface area contributed by atoms with Crippen molar-refractivity contribution >= 4 is 5.78 Å². The van der Waals surface area contributed by atoms with Crippen molar-refractivity contribution in [1.29, 1.82) is 0 Å². The molecule has 0 saturated carbocycles. The quantitative estimate of drug-likeness (QED) is 0.304. The van der Waals surface area contributed by atoms with E-state index in [1.54, 1.807) is 7.11 Å². The molecule has 0 aliphatic heterocycles. The molecule has 0 N–H and O–H groups in total. The average molecular weight is 347 g/mol. The van der Waals surface area contributed by atoms with Crippen LogP contribution in [0.25, 0.3) is 0 Å². The molecule has 0 spiro atoms. The van der Waals surface area contributed by atoms with Crippen molar-refractivity contribution in [2.45, 2.75) is 96.8 Å². The fourth-order valence-electron chi connectivity index (χ4n) is 3.26. The van der Waals surface area contributed by atoms with Crippen molar-refractivity contribution in [2.24, 2.45) is 0 Å². The number of ketones is 1. The highest BCUT2D eigenvalue weighted by Gasteiger charge is 2.04. The molecule has 1 aromatic carbocycles. The lowest BCUT2D eigenvalue weighted by Gasteiger charge is -2.05. The fourth-order valence-corrected chi connectivity index (χ4v) is 3.26. The second-order valence-corrected chi connectivity index (χ2v) is 7.21. The van der Waals surface area contributed by atoms with Gasteiger partial charge in [0.2, 0.25) is 0 Å². The van der Waals surface area contributed by atoms with Crippen molar-refractivity contribution in [1.82, 2.24) is 0 Å². The number of hydrogen-bond acceptors (Lipinski definition) is 2. The Morgan fingerprint density at radius 2 is 1.40 bits per heavy atom. The number of ether oxygens (including phenoxy) is 1. The standard InChI is InChI=1S/C23H38O2/c1-3-4-5-6-7-8-9-10-11-12-13-14-17-22(24)19-21-16-15-18-23(20-21)25-2/h15-16,18,20H,3-14,17,19H2,1-2H3.